The monoisotopic (exact) mass is 249 g/mol. The summed E-state index contributed by atoms with van der Waals surface area (Å²) in [5, 5.41) is 12.0. The third-order valence-electron chi connectivity index (χ3n) is 2.97. The molecule has 1 amide bonds. The van der Waals surface area contributed by atoms with Crippen LogP contribution in [-0.4, -0.2) is 23.7 Å². The molecular weight excluding hydrogens is 226 g/mol. The minimum Gasteiger partial charge on any atom is -0.393 e. The molecule has 2 atom stereocenters. The molecule has 0 aliphatic rings. The molecule has 1 rings (SSSR count). The van der Waals surface area contributed by atoms with Crippen LogP contribution in [0.15, 0.2) is 24.3 Å². The van der Waals surface area contributed by atoms with Gasteiger partial charge in [0.1, 0.15) is 0 Å². The molecule has 3 heteroatoms. The van der Waals surface area contributed by atoms with Crippen molar-refractivity contribution in [1.29, 1.82) is 0 Å². The van der Waals surface area contributed by atoms with Crippen LogP contribution in [0.5, 0.6) is 0 Å². The minimum atomic E-state index is -0.363. The second kappa shape index (κ2) is 7.17. The molecule has 1 aromatic rings. The molecule has 1 aromatic carbocycles. The number of benzene rings is 1. The minimum absolute atomic E-state index is 0.0401. The van der Waals surface area contributed by atoms with E-state index in [1.165, 1.54) is 11.1 Å². The van der Waals surface area contributed by atoms with Crippen LogP contribution < -0.4 is 5.32 Å². The number of nitrogens with one attached hydrogen (secondary N) is 1. The molecule has 0 aliphatic carbocycles. The van der Waals surface area contributed by atoms with E-state index in [0.717, 1.165) is 6.42 Å². The molecule has 0 bridgehead atoms. The zero-order valence-electron chi connectivity index (χ0n) is 11.4. The summed E-state index contributed by atoms with van der Waals surface area (Å²) in [4.78, 5) is 11.8. The summed E-state index contributed by atoms with van der Waals surface area (Å²) in [6, 6.07) is 8.25. The third-order valence-corrected chi connectivity index (χ3v) is 2.97. The van der Waals surface area contributed by atoms with Crippen LogP contribution in [0.2, 0.25) is 0 Å². The number of hydrogen-bond acceptors (Lipinski definition) is 2. The van der Waals surface area contributed by atoms with E-state index >= 15 is 0 Å². The quantitative estimate of drug-likeness (QED) is 0.810. The third kappa shape index (κ3) is 5.32. The smallest absolute Gasteiger partial charge is 0.223 e. The van der Waals surface area contributed by atoms with Crippen molar-refractivity contribution in [2.45, 2.75) is 39.7 Å². The Hall–Kier alpha value is -1.35. The number of aliphatic hydroxyl groups excluding tert-OH is 1. The maximum atomic E-state index is 11.8. The summed E-state index contributed by atoms with van der Waals surface area (Å²) >= 11 is 0. The summed E-state index contributed by atoms with van der Waals surface area (Å²) in [6.45, 7) is 6.24. The van der Waals surface area contributed by atoms with E-state index in [1.807, 2.05) is 6.92 Å². The second-order valence-corrected chi connectivity index (χ2v) is 5.02. The molecule has 0 heterocycles. The van der Waals surface area contributed by atoms with Gasteiger partial charge >= 0.3 is 0 Å². The summed E-state index contributed by atoms with van der Waals surface area (Å²) in [5.41, 5.74) is 2.41. The van der Waals surface area contributed by atoms with E-state index in [9.17, 15) is 4.79 Å². The lowest BCUT2D eigenvalue weighted by atomic mass is 9.99. The first kappa shape index (κ1) is 14.7. The zero-order valence-corrected chi connectivity index (χ0v) is 11.4. The van der Waals surface area contributed by atoms with Crippen molar-refractivity contribution >= 4 is 5.91 Å². The molecular formula is C15H23NO2. The fraction of sp³-hybridized carbons (Fsp3) is 0.533. The van der Waals surface area contributed by atoms with Gasteiger partial charge in [0.25, 0.3) is 0 Å². The molecule has 3 nitrogen and oxygen atoms in total. The van der Waals surface area contributed by atoms with Gasteiger partial charge in [0.2, 0.25) is 5.91 Å². The Morgan fingerprint density at radius 1 is 1.28 bits per heavy atom. The molecule has 2 N–H and O–H groups in total. The predicted octanol–water partition coefficient (Wildman–Crippen LogP) is 2.06. The first-order valence-electron chi connectivity index (χ1n) is 6.50. The van der Waals surface area contributed by atoms with Crippen LogP contribution in [-0.2, 0) is 11.2 Å². The van der Waals surface area contributed by atoms with Gasteiger partial charge in [-0.25, -0.2) is 0 Å². The predicted molar refractivity (Wildman–Crippen MR) is 73.4 cm³/mol. The van der Waals surface area contributed by atoms with Gasteiger partial charge in [-0.1, -0.05) is 36.8 Å². The maximum Gasteiger partial charge on any atom is 0.223 e. The van der Waals surface area contributed by atoms with Crippen molar-refractivity contribution in [2.24, 2.45) is 5.92 Å². The number of rotatable bonds is 6. The highest BCUT2D eigenvalue weighted by Gasteiger charge is 2.13. The number of aryl methyl sites for hydroxylation is 1. The van der Waals surface area contributed by atoms with Gasteiger partial charge in [-0.3, -0.25) is 4.79 Å². The van der Waals surface area contributed by atoms with Crippen molar-refractivity contribution in [3.05, 3.63) is 35.4 Å². The topological polar surface area (TPSA) is 49.3 Å². The Bertz CT molecular complexity index is 371. The van der Waals surface area contributed by atoms with E-state index in [4.69, 9.17) is 5.11 Å². The Balaban J connectivity index is 2.37. The molecule has 0 saturated carbocycles. The van der Waals surface area contributed by atoms with Crippen LogP contribution in [0.1, 0.15) is 31.4 Å². The summed E-state index contributed by atoms with van der Waals surface area (Å²) in [7, 11) is 0. The molecule has 18 heavy (non-hydrogen) atoms. The molecule has 0 aromatic heterocycles. The first-order valence-corrected chi connectivity index (χ1v) is 6.50. The van der Waals surface area contributed by atoms with Crippen molar-refractivity contribution in [3.8, 4) is 0 Å². The van der Waals surface area contributed by atoms with Gasteiger partial charge in [0.15, 0.2) is 0 Å². The van der Waals surface area contributed by atoms with Gasteiger partial charge in [0.05, 0.1) is 6.10 Å². The zero-order chi connectivity index (χ0) is 13.5. The van der Waals surface area contributed by atoms with Crippen molar-refractivity contribution in [2.75, 3.05) is 6.54 Å². The second-order valence-electron chi connectivity index (χ2n) is 5.02. The van der Waals surface area contributed by atoms with E-state index in [2.05, 4.69) is 36.5 Å². The summed E-state index contributed by atoms with van der Waals surface area (Å²) in [5.74, 6) is 0.0120. The Morgan fingerprint density at radius 3 is 2.44 bits per heavy atom. The van der Waals surface area contributed by atoms with Crippen LogP contribution >= 0.6 is 0 Å². The number of aliphatic hydroxyl groups is 1. The van der Waals surface area contributed by atoms with Crippen molar-refractivity contribution < 1.29 is 9.90 Å². The van der Waals surface area contributed by atoms with E-state index in [0.29, 0.717) is 13.0 Å². The molecule has 100 valence electrons. The molecule has 0 aliphatic heterocycles. The number of amides is 1. The summed E-state index contributed by atoms with van der Waals surface area (Å²) in [6.07, 6.45) is 0.988. The SMILES string of the molecule is Cc1ccc(CC(C)C(=O)NCCC(C)O)cc1. The highest BCUT2D eigenvalue weighted by atomic mass is 16.3. The number of carbonyl (C=O) groups is 1. The lowest BCUT2D eigenvalue weighted by Gasteiger charge is -2.13. The highest BCUT2D eigenvalue weighted by Crippen LogP contribution is 2.10. The standard InChI is InChI=1S/C15H23NO2/c1-11-4-6-14(7-5-11)10-12(2)15(18)16-9-8-13(3)17/h4-7,12-13,17H,8-10H2,1-3H3,(H,16,18). The Morgan fingerprint density at radius 2 is 1.89 bits per heavy atom. The van der Waals surface area contributed by atoms with Crippen molar-refractivity contribution in [3.63, 3.8) is 0 Å². The van der Waals surface area contributed by atoms with Crippen LogP contribution in [0.3, 0.4) is 0 Å². The lowest BCUT2D eigenvalue weighted by Crippen LogP contribution is -2.32. The Labute approximate surface area is 109 Å². The lowest BCUT2D eigenvalue weighted by molar-refractivity contribution is -0.124. The van der Waals surface area contributed by atoms with Gasteiger partial charge in [-0.15, -0.1) is 0 Å². The maximum absolute atomic E-state index is 11.8. The van der Waals surface area contributed by atoms with Crippen LogP contribution in [0.25, 0.3) is 0 Å². The van der Waals surface area contributed by atoms with Crippen molar-refractivity contribution in [1.82, 2.24) is 5.32 Å². The molecule has 0 saturated heterocycles. The first-order chi connectivity index (χ1) is 8.49. The van der Waals surface area contributed by atoms with Crippen LogP contribution in [0, 0.1) is 12.8 Å². The van der Waals surface area contributed by atoms with E-state index in [1.54, 1.807) is 6.92 Å². The van der Waals surface area contributed by atoms with Gasteiger partial charge in [-0.2, -0.15) is 0 Å². The van der Waals surface area contributed by atoms with Crippen LogP contribution in [0.4, 0.5) is 0 Å². The van der Waals surface area contributed by atoms with E-state index < -0.39 is 0 Å². The molecule has 0 spiro atoms. The highest BCUT2D eigenvalue weighted by molar-refractivity contribution is 5.78. The largest absolute Gasteiger partial charge is 0.393 e. The van der Waals surface area contributed by atoms with Gasteiger partial charge in [-0.05, 0) is 32.3 Å². The fourth-order valence-corrected chi connectivity index (χ4v) is 1.75. The fourth-order valence-electron chi connectivity index (χ4n) is 1.75. The molecule has 0 radical (unpaired) electrons. The number of carbonyl (C=O) groups excluding carboxylic acids is 1. The summed E-state index contributed by atoms with van der Waals surface area (Å²) < 4.78 is 0. The Kier molecular flexibility index (Phi) is 5.86. The average Bonchev–Trinajstić information content (AvgIpc) is 2.31. The van der Waals surface area contributed by atoms with Gasteiger partial charge in [0, 0.05) is 12.5 Å². The number of hydrogen-bond donors (Lipinski definition) is 2. The molecule has 2 unspecified atom stereocenters. The molecule has 0 fully saturated rings. The average molecular weight is 249 g/mol. The normalized spacial score (nSPS) is 14.0. The van der Waals surface area contributed by atoms with Gasteiger partial charge < -0.3 is 10.4 Å². The van der Waals surface area contributed by atoms with E-state index in [-0.39, 0.29) is 17.9 Å².